The van der Waals surface area contributed by atoms with Crippen LogP contribution in [-0.2, 0) is 10.0 Å². The highest BCUT2D eigenvalue weighted by molar-refractivity contribution is 7.89. The maximum absolute atomic E-state index is 12.0. The smallest absolute Gasteiger partial charge is 0.214 e. The molecule has 7 heteroatoms. The van der Waals surface area contributed by atoms with Crippen LogP contribution in [0.25, 0.3) is 0 Å². The maximum atomic E-state index is 12.0. The van der Waals surface area contributed by atoms with Gasteiger partial charge in [-0.15, -0.1) is 0 Å². The standard InChI is InChI=1S/C13H27N3O2S2/c1-3-5-8-14-13(19)15-12-6-9-16(10-7-12)20(17,18)11-4-2/h12H,3-11H2,1-2H3,(H2,14,15,19). The topological polar surface area (TPSA) is 61.4 Å². The number of rotatable bonds is 7. The van der Waals surface area contributed by atoms with Crippen molar-refractivity contribution in [3.8, 4) is 0 Å². The highest BCUT2D eigenvalue weighted by Crippen LogP contribution is 2.15. The summed E-state index contributed by atoms with van der Waals surface area (Å²) in [5.74, 6) is 0.252. The van der Waals surface area contributed by atoms with Crippen LogP contribution in [0.2, 0.25) is 0 Å². The Morgan fingerprint density at radius 3 is 2.45 bits per heavy atom. The molecule has 1 rings (SSSR count). The molecular formula is C13H27N3O2S2. The first-order valence-electron chi connectivity index (χ1n) is 7.51. The second-order valence-electron chi connectivity index (χ2n) is 5.24. The summed E-state index contributed by atoms with van der Waals surface area (Å²) in [7, 11) is -3.05. The molecular weight excluding hydrogens is 294 g/mol. The van der Waals surface area contributed by atoms with Gasteiger partial charge in [-0.05, 0) is 37.9 Å². The first-order chi connectivity index (χ1) is 9.49. The zero-order chi connectivity index (χ0) is 15.0. The van der Waals surface area contributed by atoms with Crippen LogP contribution in [0, 0.1) is 0 Å². The number of thiocarbonyl (C=S) groups is 1. The van der Waals surface area contributed by atoms with Crippen molar-refractivity contribution in [2.24, 2.45) is 0 Å². The lowest BCUT2D eigenvalue weighted by Crippen LogP contribution is -2.49. The van der Waals surface area contributed by atoms with Crippen LogP contribution in [0.15, 0.2) is 0 Å². The highest BCUT2D eigenvalue weighted by atomic mass is 32.2. The summed E-state index contributed by atoms with van der Waals surface area (Å²) in [6.45, 7) is 6.12. The van der Waals surface area contributed by atoms with Gasteiger partial charge >= 0.3 is 0 Å². The van der Waals surface area contributed by atoms with Gasteiger partial charge in [0.1, 0.15) is 0 Å². The van der Waals surface area contributed by atoms with E-state index in [1.165, 1.54) is 0 Å². The second-order valence-corrected chi connectivity index (χ2v) is 7.74. The summed E-state index contributed by atoms with van der Waals surface area (Å²) in [4.78, 5) is 0. The molecule has 20 heavy (non-hydrogen) atoms. The summed E-state index contributed by atoms with van der Waals surface area (Å²) in [5.41, 5.74) is 0. The molecule has 0 amide bonds. The molecule has 1 fully saturated rings. The van der Waals surface area contributed by atoms with Crippen molar-refractivity contribution in [1.82, 2.24) is 14.9 Å². The Balaban J connectivity index is 2.30. The number of unbranched alkanes of at least 4 members (excludes halogenated alkanes) is 1. The summed E-state index contributed by atoms with van der Waals surface area (Å²) in [6.07, 6.45) is 4.56. The van der Waals surface area contributed by atoms with Crippen molar-refractivity contribution in [1.29, 1.82) is 0 Å². The normalized spacial score (nSPS) is 17.9. The maximum Gasteiger partial charge on any atom is 0.214 e. The van der Waals surface area contributed by atoms with Gasteiger partial charge in [0.15, 0.2) is 5.11 Å². The van der Waals surface area contributed by atoms with E-state index in [9.17, 15) is 8.42 Å². The van der Waals surface area contributed by atoms with E-state index in [1.54, 1.807) is 4.31 Å². The van der Waals surface area contributed by atoms with Crippen LogP contribution in [-0.4, -0.2) is 49.3 Å². The lowest BCUT2D eigenvalue weighted by molar-refractivity contribution is 0.307. The largest absolute Gasteiger partial charge is 0.363 e. The number of piperidine rings is 1. The summed E-state index contributed by atoms with van der Waals surface area (Å²) >= 11 is 5.24. The van der Waals surface area contributed by atoms with Crippen LogP contribution < -0.4 is 10.6 Å². The minimum absolute atomic E-state index is 0.252. The van der Waals surface area contributed by atoms with Crippen LogP contribution in [0.5, 0.6) is 0 Å². The molecule has 2 N–H and O–H groups in total. The Kier molecular flexibility index (Phi) is 7.76. The number of hydrogen-bond acceptors (Lipinski definition) is 3. The van der Waals surface area contributed by atoms with Crippen molar-refractivity contribution in [2.75, 3.05) is 25.4 Å². The molecule has 0 saturated carbocycles. The van der Waals surface area contributed by atoms with E-state index in [2.05, 4.69) is 17.6 Å². The minimum Gasteiger partial charge on any atom is -0.363 e. The van der Waals surface area contributed by atoms with Crippen LogP contribution in [0.3, 0.4) is 0 Å². The van der Waals surface area contributed by atoms with E-state index in [4.69, 9.17) is 12.2 Å². The van der Waals surface area contributed by atoms with Gasteiger partial charge in [0.2, 0.25) is 10.0 Å². The van der Waals surface area contributed by atoms with Gasteiger partial charge in [-0.1, -0.05) is 20.3 Å². The SMILES string of the molecule is CCCCNC(=S)NC1CCN(S(=O)(=O)CCC)CC1. The van der Waals surface area contributed by atoms with Gasteiger partial charge in [-0.25, -0.2) is 12.7 Å². The fraction of sp³-hybridized carbons (Fsp3) is 0.923. The molecule has 1 heterocycles. The molecule has 1 aliphatic rings. The second kappa shape index (κ2) is 8.79. The van der Waals surface area contributed by atoms with Gasteiger partial charge in [-0.2, -0.15) is 0 Å². The predicted octanol–water partition coefficient (Wildman–Crippen LogP) is 1.45. The van der Waals surface area contributed by atoms with Crippen LogP contribution >= 0.6 is 12.2 Å². The zero-order valence-corrected chi connectivity index (χ0v) is 14.2. The van der Waals surface area contributed by atoms with E-state index < -0.39 is 10.0 Å². The third-order valence-corrected chi connectivity index (χ3v) is 5.80. The van der Waals surface area contributed by atoms with Gasteiger partial charge < -0.3 is 10.6 Å². The number of nitrogens with zero attached hydrogens (tertiary/aromatic N) is 1. The Morgan fingerprint density at radius 1 is 1.25 bits per heavy atom. The number of nitrogens with one attached hydrogen (secondary N) is 2. The van der Waals surface area contributed by atoms with E-state index in [0.717, 1.165) is 32.2 Å². The molecule has 118 valence electrons. The van der Waals surface area contributed by atoms with Crippen molar-refractivity contribution in [3.05, 3.63) is 0 Å². The Labute approximate surface area is 128 Å². The van der Waals surface area contributed by atoms with Crippen molar-refractivity contribution in [3.63, 3.8) is 0 Å². The molecule has 0 aliphatic carbocycles. The molecule has 0 aromatic rings. The van der Waals surface area contributed by atoms with E-state index >= 15 is 0 Å². The molecule has 5 nitrogen and oxygen atoms in total. The zero-order valence-electron chi connectivity index (χ0n) is 12.5. The van der Waals surface area contributed by atoms with Crippen molar-refractivity contribution in [2.45, 2.75) is 52.0 Å². The number of sulfonamides is 1. The molecule has 0 aromatic heterocycles. The molecule has 0 spiro atoms. The van der Waals surface area contributed by atoms with Crippen molar-refractivity contribution >= 4 is 27.4 Å². The van der Waals surface area contributed by atoms with E-state index in [-0.39, 0.29) is 11.8 Å². The van der Waals surface area contributed by atoms with Gasteiger partial charge in [-0.3, -0.25) is 0 Å². The average Bonchev–Trinajstić information content (AvgIpc) is 2.39. The quantitative estimate of drug-likeness (QED) is 0.549. The first kappa shape index (κ1) is 17.7. The van der Waals surface area contributed by atoms with Crippen LogP contribution in [0.4, 0.5) is 0 Å². The third-order valence-electron chi connectivity index (χ3n) is 3.46. The molecule has 0 radical (unpaired) electrons. The summed E-state index contributed by atoms with van der Waals surface area (Å²) in [5, 5.41) is 7.15. The lowest BCUT2D eigenvalue weighted by Gasteiger charge is -2.32. The van der Waals surface area contributed by atoms with Gasteiger partial charge in [0, 0.05) is 25.7 Å². The van der Waals surface area contributed by atoms with Crippen LogP contribution in [0.1, 0.15) is 46.0 Å². The van der Waals surface area contributed by atoms with Gasteiger partial charge in [0.05, 0.1) is 5.75 Å². The summed E-state index contributed by atoms with van der Waals surface area (Å²) in [6, 6.07) is 0.282. The summed E-state index contributed by atoms with van der Waals surface area (Å²) < 4.78 is 25.5. The molecule has 0 bridgehead atoms. The fourth-order valence-corrected chi connectivity index (χ4v) is 4.09. The van der Waals surface area contributed by atoms with Gasteiger partial charge in [0.25, 0.3) is 0 Å². The molecule has 1 saturated heterocycles. The minimum atomic E-state index is -3.05. The third kappa shape index (κ3) is 5.93. The molecule has 0 unspecified atom stereocenters. The van der Waals surface area contributed by atoms with Crippen molar-refractivity contribution < 1.29 is 8.42 Å². The molecule has 0 aromatic carbocycles. The van der Waals surface area contributed by atoms with E-state index in [1.807, 2.05) is 6.92 Å². The monoisotopic (exact) mass is 321 g/mol. The van der Waals surface area contributed by atoms with E-state index in [0.29, 0.717) is 24.6 Å². The fourth-order valence-electron chi connectivity index (χ4n) is 2.28. The Hall–Kier alpha value is -0.400. The average molecular weight is 322 g/mol. The molecule has 0 atom stereocenters. The first-order valence-corrected chi connectivity index (χ1v) is 9.53. The highest BCUT2D eigenvalue weighted by Gasteiger charge is 2.27. The Bertz CT molecular complexity index is 390. The predicted molar refractivity (Wildman–Crippen MR) is 87.3 cm³/mol. The molecule has 1 aliphatic heterocycles. The Morgan fingerprint density at radius 2 is 1.90 bits per heavy atom. The number of hydrogen-bond donors (Lipinski definition) is 2. The lowest BCUT2D eigenvalue weighted by atomic mass is 10.1.